The molecule has 1 heterocycles. The summed E-state index contributed by atoms with van der Waals surface area (Å²) < 4.78 is 14.0. The maximum absolute atomic E-state index is 14.0. The molecule has 0 atom stereocenters. The Morgan fingerprint density at radius 1 is 1.00 bits per heavy atom. The highest BCUT2D eigenvalue weighted by atomic mass is 19.1. The second-order valence-corrected chi connectivity index (χ2v) is 6.46. The highest BCUT2D eigenvalue weighted by Crippen LogP contribution is 2.19. The average molecular weight is 380 g/mol. The fourth-order valence-electron chi connectivity index (χ4n) is 2.83. The minimum atomic E-state index is -0.548. The van der Waals surface area contributed by atoms with Crippen molar-refractivity contribution in [2.75, 3.05) is 6.54 Å². The maximum atomic E-state index is 14.0. The molecule has 0 fully saturated rings. The number of amides is 2. The molecule has 0 saturated heterocycles. The van der Waals surface area contributed by atoms with Crippen LogP contribution in [0.5, 0.6) is 0 Å². The Morgan fingerprint density at radius 3 is 2.50 bits per heavy atom. The zero-order valence-corrected chi connectivity index (χ0v) is 16.0. The quantitative estimate of drug-likeness (QED) is 0.713. The molecule has 28 heavy (non-hydrogen) atoms. The summed E-state index contributed by atoms with van der Waals surface area (Å²) in [6.45, 7) is 6.15. The van der Waals surface area contributed by atoms with Gasteiger partial charge < -0.3 is 10.6 Å². The van der Waals surface area contributed by atoms with Crippen LogP contribution in [0.25, 0.3) is 11.0 Å². The molecule has 2 aromatic carbocycles. The van der Waals surface area contributed by atoms with Crippen molar-refractivity contribution in [1.29, 1.82) is 0 Å². The van der Waals surface area contributed by atoms with Crippen LogP contribution in [0.2, 0.25) is 0 Å². The van der Waals surface area contributed by atoms with E-state index in [0.29, 0.717) is 34.5 Å². The van der Waals surface area contributed by atoms with E-state index in [4.69, 9.17) is 0 Å². The number of aromatic nitrogens is 2. The molecule has 1 aromatic heterocycles. The molecule has 7 heteroatoms. The van der Waals surface area contributed by atoms with E-state index in [1.54, 1.807) is 38.1 Å². The van der Waals surface area contributed by atoms with Crippen LogP contribution in [-0.4, -0.2) is 28.3 Å². The molecule has 0 spiro atoms. The zero-order valence-electron chi connectivity index (χ0n) is 16.0. The number of aryl methyl sites for hydroxylation is 2. The molecule has 144 valence electrons. The number of hydrogen-bond donors (Lipinski definition) is 2. The van der Waals surface area contributed by atoms with E-state index < -0.39 is 11.7 Å². The molecule has 0 unspecified atom stereocenters. The summed E-state index contributed by atoms with van der Waals surface area (Å²) in [5.74, 6) is -1.17. The van der Waals surface area contributed by atoms with Crippen molar-refractivity contribution >= 4 is 22.8 Å². The van der Waals surface area contributed by atoms with Gasteiger partial charge in [0.05, 0.1) is 22.5 Å². The van der Waals surface area contributed by atoms with Gasteiger partial charge in [-0.15, -0.1) is 0 Å². The molecule has 0 aliphatic rings. The van der Waals surface area contributed by atoms with Crippen molar-refractivity contribution in [3.8, 4) is 0 Å². The van der Waals surface area contributed by atoms with E-state index in [1.807, 2.05) is 6.92 Å². The number of rotatable bonds is 5. The standard InChI is InChI=1S/C21H21FN4O2/c1-4-23-20(27)15-7-5-6-14(8-15)11-24-21(28)17-9-16(22)10-18-19(17)26-13(3)12(2)25-18/h5-10H,4,11H2,1-3H3,(H,23,27)(H,24,28). The van der Waals surface area contributed by atoms with E-state index in [1.165, 1.54) is 6.07 Å². The number of carbonyl (C=O) groups is 2. The zero-order chi connectivity index (χ0) is 20.3. The Kier molecular flexibility index (Phi) is 5.63. The molecule has 3 aromatic rings. The van der Waals surface area contributed by atoms with Gasteiger partial charge >= 0.3 is 0 Å². The van der Waals surface area contributed by atoms with Crippen molar-refractivity contribution < 1.29 is 14.0 Å². The minimum absolute atomic E-state index is 0.130. The van der Waals surface area contributed by atoms with Gasteiger partial charge in [0.2, 0.25) is 0 Å². The molecule has 2 N–H and O–H groups in total. The fourth-order valence-corrected chi connectivity index (χ4v) is 2.83. The maximum Gasteiger partial charge on any atom is 0.253 e. The predicted octanol–water partition coefficient (Wildman–Crippen LogP) is 3.07. The Labute approximate surface area is 162 Å². The van der Waals surface area contributed by atoms with Gasteiger partial charge in [-0.2, -0.15) is 0 Å². The third-order valence-electron chi connectivity index (χ3n) is 4.37. The SMILES string of the molecule is CCNC(=O)c1cccc(CNC(=O)c2cc(F)cc3nc(C)c(C)nc23)c1. The highest BCUT2D eigenvalue weighted by Gasteiger charge is 2.15. The van der Waals surface area contributed by atoms with Crippen LogP contribution in [0.4, 0.5) is 4.39 Å². The lowest BCUT2D eigenvalue weighted by atomic mass is 10.1. The van der Waals surface area contributed by atoms with Gasteiger partial charge in [-0.05, 0) is 44.5 Å². The van der Waals surface area contributed by atoms with Gasteiger partial charge in [-0.1, -0.05) is 12.1 Å². The number of nitrogens with zero attached hydrogens (tertiary/aromatic N) is 2. The topological polar surface area (TPSA) is 84.0 Å². The van der Waals surface area contributed by atoms with E-state index in [-0.39, 0.29) is 18.0 Å². The van der Waals surface area contributed by atoms with Crippen LogP contribution in [0.15, 0.2) is 36.4 Å². The lowest BCUT2D eigenvalue weighted by Gasteiger charge is -2.10. The van der Waals surface area contributed by atoms with E-state index in [9.17, 15) is 14.0 Å². The molecule has 0 bridgehead atoms. The van der Waals surface area contributed by atoms with Gasteiger partial charge in [0, 0.05) is 24.7 Å². The largest absolute Gasteiger partial charge is 0.352 e. The first-order valence-electron chi connectivity index (χ1n) is 8.99. The van der Waals surface area contributed by atoms with E-state index in [0.717, 1.165) is 11.6 Å². The third-order valence-corrected chi connectivity index (χ3v) is 4.37. The van der Waals surface area contributed by atoms with Crippen LogP contribution in [0, 0.1) is 19.7 Å². The molecule has 0 saturated carbocycles. The summed E-state index contributed by atoms with van der Waals surface area (Å²) in [7, 11) is 0. The van der Waals surface area contributed by atoms with Gasteiger partial charge in [0.25, 0.3) is 11.8 Å². The first kappa shape index (κ1) is 19.4. The van der Waals surface area contributed by atoms with Gasteiger partial charge in [0.1, 0.15) is 11.3 Å². The lowest BCUT2D eigenvalue weighted by Crippen LogP contribution is -2.25. The molecule has 0 aliphatic carbocycles. The normalized spacial score (nSPS) is 10.7. The molecular weight excluding hydrogens is 359 g/mol. The number of nitrogens with one attached hydrogen (secondary N) is 2. The number of carbonyl (C=O) groups excluding carboxylic acids is 2. The van der Waals surface area contributed by atoms with Crippen molar-refractivity contribution in [2.24, 2.45) is 0 Å². The lowest BCUT2D eigenvalue weighted by molar-refractivity contribution is 0.0947. The molecule has 0 radical (unpaired) electrons. The van der Waals surface area contributed by atoms with Crippen molar-refractivity contribution in [3.05, 3.63) is 70.3 Å². The third kappa shape index (κ3) is 4.14. The smallest absolute Gasteiger partial charge is 0.253 e. The summed E-state index contributed by atoms with van der Waals surface area (Å²) in [5.41, 5.74) is 3.47. The molecule has 0 aliphatic heterocycles. The Hall–Kier alpha value is -3.35. The summed E-state index contributed by atoms with van der Waals surface area (Å²) in [6, 6.07) is 9.40. The van der Waals surface area contributed by atoms with Crippen LogP contribution >= 0.6 is 0 Å². The second kappa shape index (κ2) is 8.12. The summed E-state index contributed by atoms with van der Waals surface area (Å²) in [6.07, 6.45) is 0. The fraction of sp³-hybridized carbons (Fsp3) is 0.238. The number of fused-ring (bicyclic) bond motifs is 1. The van der Waals surface area contributed by atoms with Crippen LogP contribution in [0.1, 0.15) is 44.6 Å². The van der Waals surface area contributed by atoms with Crippen LogP contribution in [0.3, 0.4) is 0 Å². The Balaban J connectivity index is 1.83. The predicted molar refractivity (Wildman–Crippen MR) is 105 cm³/mol. The van der Waals surface area contributed by atoms with Gasteiger partial charge in [-0.3, -0.25) is 9.59 Å². The molecule has 6 nitrogen and oxygen atoms in total. The Bertz CT molecular complexity index is 1070. The van der Waals surface area contributed by atoms with Crippen LogP contribution in [-0.2, 0) is 6.54 Å². The molecule has 3 rings (SSSR count). The van der Waals surface area contributed by atoms with E-state index >= 15 is 0 Å². The Morgan fingerprint density at radius 2 is 1.75 bits per heavy atom. The summed E-state index contributed by atoms with van der Waals surface area (Å²) >= 11 is 0. The number of halogens is 1. The van der Waals surface area contributed by atoms with Gasteiger partial charge in [0.15, 0.2) is 0 Å². The van der Waals surface area contributed by atoms with Gasteiger partial charge in [-0.25, -0.2) is 14.4 Å². The number of benzene rings is 2. The molecule has 2 amide bonds. The minimum Gasteiger partial charge on any atom is -0.352 e. The summed E-state index contributed by atoms with van der Waals surface area (Å²) in [5, 5.41) is 5.49. The second-order valence-electron chi connectivity index (χ2n) is 6.46. The van der Waals surface area contributed by atoms with Crippen molar-refractivity contribution in [1.82, 2.24) is 20.6 Å². The first-order valence-corrected chi connectivity index (χ1v) is 8.99. The monoisotopic (exact) mass is 380 g/mol. The van der Waals surface area contributed by atoms with Crippen molar-refractivity contribution in [3.63, 3.8) is 0 Å². The number of hydrogen-bond acceptors (Lipinski definition) is 4. The summed E-state index contributed by atoms with van der Waals surface area (Å²) in [4.78, 5) is 33.3. The highest BCUT2D eigenvalue weighted by molar-refractivity contribution is 6.04. The molecular formula is C21H21FN4O2. The van der Waals surface area contributed by atoms with Crippen LogP contribution < -0.4 is 10.6 Å². The van der Waals surface area contributed by atoms with Crippen molar-refractivity contribution in [2.45, 2.75) is 27.3 Å². The van der Waals surface area contributed by atoms with E-state index in [2.05, 4.69) is 20.6 Å². The average Bonchev–Trinajstić information content (AvgIpc) is 2.67. The first-order chi connectivity index (χ1) is 13.4.